The summed E-state index contributed by atoms with van der Waals surface area (Å²) in [6, 6.07) is 16.6. The summed E-state index contributed by atoms with van der Waals surface area (Å²) in [4.78, 5) is 2.63. The number of sulfonamides is 1. The molecule has 0 saturated carbocycles. The molecule has 7 heteroatoms. The van der Waals surface area contributed by atoms with Gasteiger partial charge < -0.3 is 15.0 Å². The maximum atomic E-state index is 12.4. The predicted molar refractivity (Wildman–Crippen MR) is 116 cm³/mol. The van der Waals surface area contributed by atoms with Gasteiger partial charge >= 0.3 is 0 Å². The van der Waals surface area contributed by atoms with Gasteiger partial charge in [-0.25, -0.2) is 8.42 Å². The monoisotopic (exact) mass is 415 g/mol. The molecule has 2 saturated heterocycles. The second kappa shape index (κ2) is 9.15. The van der Waals surface area contributed by atoms with Crippen molar-refractivity contribution in [2.45, 2.75) is 42.7 Å². The van der Waals surface area contributed by atoms with Gasteiger partial charge in [0.2, 0.25) is 0 Å². The van der Waals surface area contributed by atoms with Crippen molar-refractivity contribution in [2.24, 2.45) is 0 Å². The molecule has 0 spiro atoms. The van der Waals surface area contributed by atoms with Gasteiger partial charge in [0.25, 0.3) is 10.0 Å². The summed E-state index contributed by atoms with van der Waals surface area (Å²) >= 11 is 0. The Kier molecular flexibility index (Phi) is 6.37. The second-order valence-corrected chi connectivity index (χ2v) is 9.45. The molecule has 0 aromatic heterocycles. The van der Waals surface area contributed by atoms with Crippen LogP contribution in [0.4, 0.5) is 11.4 Å². The average Bonchev–Trinajstić information content (AvgIpc) is 3.27. The molecule has 0 radical (unpaired) electrons. The Morgan fingerprint density at radius 2 is 1.69 bits per heavy atom. The van der Waals surface area contributed by atoms with Crippen LogP contribution in [0.1, 0.15) is 25.7 Å². The largest absolute Gasteiger partial charge is 0.377 e. The smallest absolute Gasteiger partial charge is 0.261 e. The zero-order valence-corrected chi connectivity index (χ0v) is 17.4. The number of hydrogen-bond donors (Lipinski definition) is 2. The van der Waals surface area contributed by atoms with Crippen molar-refractivity contribution < 1.29 is 13.2 Å². The molecule has 2 heterocycles. The van der Waals surface area contributed by atoms with Crippen LogP contribution in [-0.4, -0.2) is 46.8 Å². The van der Waals surface area contributed by atoms with Crippen molar-refractivity contribution in [3.05, 3.63) is 54.6 Å². The quantitative estimate of drug-likeness (QED) is 0.727. The minimum Gasteiger partial charge on any atom is -0.377 e. The van der Waals surface area contributed by atoms with E-state index in [1.54, 1.807) is 30.3 Å². The molecule has 2 N–H and O–H groups in total. The molecule has 1 unspecified atom stereocenters. The minimum absolute atomic E-state index is 0.265. The summed E-state index contributed by atoms with van der Waals surface area (Å²) in [7, 11) is -3.55. The molecule has 2 aromatic carbocycles. The van der Waals surface area contributed by atoms with Crippen molar-refractivity contribution >= 4 is 21.4 Å². The van der Waals surface area contributed by atoms with Crippen molar-refractivity contribution in [3.8, 4) is 0 Å². The number of piperidine rings is 1. The highest BCUT2D eigenvalue weighted by molar-refractivity contribution is 7.92. The lowest BCUT2D eigenvalue weighted by atomic mass is 10.0. The molecule has 2 aromatic rings. The molecule has 0 amide bonds. The molecule has 156 valence electrons. The molecule has 2 fully saturated rings. The third-order valence-electron chi connectivity index (χ3n) is 5.69. The lowest BCUT2D eigenvalue weighted by Gasteiger charge is -2.34. The van der Waals surface area contributed by atoms with Gasteiger partial charge in [0.15, 0.2) is 0 Å². The maximum Gasteiger partial charge on any atom is 0.261 e. The topological polar surface area (TPSA) is 70.7 Å². The molecule has 0 bridgehead atoms. The van der Waals surface area contributed by atoms with E-state index in [1.165, 1.54) is 12.8 Å². The van der Waals surface area contributed by atoms with Crippen LogP contribution in [0, 0.1) is 0 Å². The van der Waals surface area contributed by atoms with Gasteiger partial charge in [-0.15, -0.1) is 0 Å². The van der Waals surface area contributed by atoms with Crippen molar-refractivity contribution in [1.29, 1.82) is 0 Å². The van der Waals surface area contributed by atoms with E-state index in [1.807, 2.05) is 24.3 Å². The zero-order valence-electron chi connectivity index (χ0n) is 16.6. The van der Waals surface area contributed by atoms with E-state index in [0.717, 1.165) is 44.8 Å². The Hall–Kier alpha value is -2.09. The summed E-state index contributed by atoms with van der Waals surface area (Å²) in [6.45, 7) is 3.86. The van der Waals surface area contributed by atoms with Gasteiger partial charge in [-0.3, -0.25) is 4.72 Å². The van der Waals surface area contributed by atoms with Crippen LogP contribution in [0.5, 0.6) is 0 Å². The molecule has 4 rings (SSSR count). The first kappa shape index (κ1) is 20.2. The van der Waals surface area contributed by atoms with Crippen LogP contribution in [0.2, 0.25) is 0 Å². The van der Waals surface area contributed by atoms with Crippen LogP contribution in [0.15, 0.2) is 59.5 Å². The van der Waals surface area contributed by atoms with Crippen LogP contribution in [-0.2, 0) is 14.8 Å². The Balaban J connectivity index is 1.28. The van der Waals surface area contributed by atoms with Gasteiger partial charge in [0, 0.05) is 43.7 Å². The lowest BCUT2D eigenvalue weighted by molar-refractivity contribution is 0.106. The molecule has 1 atom stereocenters. The molecular formula is C22H29N3O3S. The number of nitrogens with one attached hydrogen (secondary N) is 2. The Morgan fingerprint density at radius 1 is 0.966 bits per heavy atom. The SMILES string of the molecule is O=S(=O)(Nc1ccc(N2CCC(NCC3CCCO3)CC2)cc1)c1ccccc1. The average molecular weight is 416 g/mol. The van der Waals surface area contributed by atoms with Crippen molar-refractivity contribution in [3.63, 3.8) is 0 Å². The van der Waals surface area contributed by atoms with E-state index in [0.29, 0.717) is 17.8 Å². The fraction of sp³-hybridized carbons (Fsp3) is 0.455. The molecule has 2 aliphatic heterocycles. The zero-order chi connectivity index (χ0) is 20.1. The van der Waals surface area contributed by atoms with E-state index >= 15 is 0 Å². The second-order valence-electron chi connectivity index (χ2n) is 7.77. The Bertz CT molecular complexity index is 873. The summed E-state index contributed by atoms with van der Waals surface area (Å²) in [6.07, 6.45) is 4.96. The Morgan fingerprint density at radius 3 is 2.34 bits per heavy atom. The Labute approximate surface area is 173 Å². The first-order valence-corrected chi connectivity index (χ1v) is 11.9. The van der Waals surface area contributed by atoms with Gasteiger partial charge in [-0.2, -0.15) is 0 Å². The number of anilines is 2. The van der Waals surface area contributed by atoms with E-state index in [-0.39, 0.29) is 4.90 Å². The van der Waals surface area contributed by atoms with Gasteiger partial charge in [0.1, 0.15) is 0 Å². The number of nitrogens with zero attached hydrogens (tertiary/aromatic N) is 1. The van der Waals surface area contributed by atoms with E-state index in [9.17, 15) is 8.42 Å². The molecule has 6 nitrogen and oxygen atoms in total. The molecular weight excluding hydrogens is 386 g/mol. The lowest BCUT2D eigenvalue weighted by Crippen LogP contribution is -2.44. The van der Waals surface area contributed by atoms with Gasteiger partial charge in [0.05, 0.1) is 11.0 Å². The summed E-state index contributed by atoms with van der Waals surface area (Å²) < 4.78 is 33.2. The number of benzene rings is 2. The summed E-state index contributed by atoms with van der Waals surface area (Å²) in [5.41, 5.74) is 1.70. The van der Waals surface area contributed by atoms with E-state index < -0.39 is 10.0 Å². The van der Waals surface area contributed by atoms with Crippen LogP contribution in [0.3, 0.4) is 0 Å². The van der Waals surface area contributed by atoms with Gasteiger partial charge in [-0.1, -0.05) is 18.2 Å². The van der Waals surface area contributed by atoms with Gasteiger partial charge in [-0.05, 0) is 62.1 Å². The van der Waals surface area contributed by atoms with Crippen molar-refractivity contribution in [2.75, 3.05) is 35.9 Å². The minimum atomic E-state index is -3.55. The summed E-state index contributed by atoms with van der Waals surface area (Å²) in [5, 5.41) is 3.66. The first-order valence-electron chi connectivity index (χ1n) is 10.4. The highest BCUT2D eigenvalue weighted by Gasteiger charge is 2.22. The van der Waals surface area contributed by atoms with Crippen LogP contribution in [0.25, 0.3) is 0 Å². The first-order chi connectivity index (χ1) is 14.1. The molecule has 2 aliphatic rings. The third kappa shape index (κ3) is 5.29. The predicted octanol–water partition coefficient (Wildman–Crippen LogP) is 3.22. The standard InChI is InChI=1S/C22H29N3O3S/c26-29(27,22-6-2-1-3-7-22)24-19-8-10-20(11-9-19)25-14-12-18(13-15-25)23-17-21-5-4-16-28-21/h1-3,6-11,18,21,23-24H,4-5,12-17H2. The summed E-state index contributed by atoms with van der Waals surface area (Å²) in [5.74, 6) is 0. The van der Waals surface area contributed by atoms with E-state index in [2.05, 4.69) is 14.9 Å². The maximum absolute atomic E-state index is 12.4. The van der Waals surface area contributed by atoms with Crippen molar-refractivity contribution in [1.82, 2.24) is 5.32 Å². The number of rotatable bonds is 7. The highest BCUT2D eigenvalue weighted by Crippen LogP contribution is 2.24. The molecule has 29 heavy (non-hydrogen) atoms. The third-order valence-corrected chi connectivity index (χ3v) is 7.09. The highest BCUT2D eigenvalue weighted by atomic mass is 32.2. The fourth-order valence-corrected chi connectivity index (χ4v) is 5.08. The number of ether oxygens (including phenoxy) is 1. The van der Waals surface area contributed by atoms with E-state index in [4.69, 9.17) is 4.74 Å². The van der Waals surface area contributed by atoms with Crippen LogP contribution < -0.4 is 14.9 Å². The van der Waals surface area contributed by atoms with Crippen LogP contribution >= 0.6 is 0 Å². The normalized spacial score (nSPS) is 20.7. The fourth-order valence-electron chi connectivity index (χ4n) is 4.00. The molecule has 0 aliphatic carbocycles. The number of hydrogen-bond acceptors (Lipinski definition) is 5.